The fourth-order valence-corrected chi connectivity index (χ4v) is 2.65. The first-order chi connectivity index (χ1) is 9.65. The van der Waals surface area contributed by atoms with Crippen LogP contribution in [0.25, 0.3) is 16.6 Å². The maximum Gasteiger partial charge on any atom is 0.326 e. The Morgan fingerprint density at radius 1 is 1.15 bits per heavy atom. The largest absolute Gasteiger partial charge is 0.480 e. The maximum atomic E-state index is 12.6. The lowest BCUT2D eigenvalue weighted by Crippen LogP contribution is -2.31. The number of para-hydroxylation sites is 2. The molecule has 0 amide bonds. The Labute approximate surface area is 114 Å². The van der Waals surface area contributed by atoms with Crippen LogP contribution in [-0.4, -0.2) is 20.0 Å². The molecule has 0 fully saturated rings. The number of aromatic nitrogens is 2. The molecule has 0 bridgehead atoms. The number of benzene rings is 1. The van der Waals surface area contributed by atoms with Gasteiger partial charge in [0.25, 0.3) is 5.56 Å². The molecule has 0 saturated carbocycles. The molecule has 5 nitrogen and oxygen atoms in total. The standard InChI is InChI=1S/C15H14N2O3/c1-2-10(15(19)20)17-12-7-4-3-6-11(12)16-9-5-8-13(16)14(17)18/h3-10H,2H2,1H3,(H,19,20)/t10-/m0/s1. The van der Waals surface area contributed by atoms with Crippen LogP contribution < -0.4 is 5.56 Å². The fraction of sp³-hybridized carbons (Fsp3) is 0.200. The van der Waals surface area contributed by atoms with Crippen molar-refractivity contribution in [2.45, 2.75) is 19.4 Å². The first kappa shape index (κ1) is 12.5. The summed E-state index contributed by atoms with van der Waals surface area (Å²) in [7, 11) is 0. The molecule has 1 N–H and O–H groups in total. The van der Waals surface area contributed by atoms with E-state index >= 15 is 0 Å². The second kappa shape index (κ2) is 4.52. The van der Waals surface area contributed by atoms with E-state index in [0.717, 1.165) is 5.52 Å². The number of fused-ring (bicyclic) bond motifs is 3. The number of carbonyl (C=O) groups is 1. The van der Waals surface area contributed by atoms with Gasteiger partial charge in [-0.15, -0.1) is 0 Å². The maximum absolute atomic E-state index is 12.6. The van der Waals surface area contributed by atoms with Gasteiger partial charge in [0.15, 0.2) is 0 Å². The smallest absolute Gasteiger partial charge is 0.326 e. The molecule has 3 aromatic rings. The van der Waals surface area contributed by atoms with Gasteiger partial charge >= 0.3 is 5.97 Å². The lowest BCUT2D eigenvalue weighted by molar-refractivity contribution is -0.140. The zero-order valence-corrected chi connectivity index (χ0v) is 11.0. The summed E-state index contributed by atoms with van der Waals surface area (Å²) < 4.78 is 3.18. The SMILES string of the molecule is CC[C@@H](C(=O)O)n1c(=O)c2cccn2c2ccccc21. The van der Waals surface area contributed by atoms with Crippen molar-refractivity contribution in [2.24, 2.45) is 0 Å². The summed E-state index contributed by atoms with van der Waals surface area (Å²) in [6.07, 6.45) is 2.17. The van der Waals surface area contributed by atoms with Gasteiger partial charge in [-0.3, -0.25) is 9.36 Å². The Hall–Kier alpha value is -2.56. The predicted octanol–water partition coefficient (Wildman–Crippen LogP) is 2.29. The minimum absolute atomic E-state index is 0.275. The molecule has 0 aliphatic rings. The molecule has 5 heteroatoms. The molecule has 2 heterocycles. The second-order valence-corrected chi connectivity index (χ2v) is 4.69. The molecule has 0 radical (unpaired) electrons. The van der Waals surface area contributed by atoms with Gasteiger partial charge in [-0.25, -0.2) is 4.79 Å². The van der Waals surface area contributed by atoms with E-state index < -0.39 is 12.0 Å². The summed E-state index contributed by atoms with van der Waals surface area (Å²) in [4.78, 5) is 24.0. The minimum Gasteiger partial charge on any atom is -0.480 e. The van der Waals surface area contributed by atoms with E-state index in [4.69, 9.17) is 0 Å². The summed E-state index contributed by atoms with van der Waals surface area (Å²) in [6.45, 7) is 1.77. The van der Waals surface area contributed by atoms with Gasteiger partial charge < -0.3 is 9.51 Å². The summed E-state index contributed by atoms with van der Waals surface area (Å²) in [5.41, 5.74) is 1.67. The first-order valence-corrected chi connectivity index (χ1v) is 6.48. The van der Waals surface area contributed by atoms with Gasteiger partial charge in [0.2, 0.25) is 0 Å². The summed E-state index contributed by atoms with van der Waals surface area (Å²) in [6, 6.07) is 9.98. The van der Waals surface area contributed by atoms with Crippen LogP contribution in [0.5, 0.6) is 0 Å². The highest BCUT2D eigenvalue weighted by Gasteiger charge is 2.22. The number of hydrogen-bond donors (Lipinski definition) is 1. The summed E-state index contributed by atoms with van der Waals surface area (Å²) >= 11 is 0. The van der Waals surface area contributed by atoms with E-state index in [1.807, 2.05) is 24.4 Å². The van der Waals surface area contributed by atoms with Crippen LogP contribution in [0.1, 0.15) is 19.4 Å². The molecule has 2 aromatic heterocycles. The minimum atomic E-state index is -0.990. The molecule has 102 valence electrons. The molecule has 0 aliphatic heterocycles. The monoisotopic (exact) mass is 270 g/mol. The molecule has 0 spiro atoms. The van der Waals surface area contributed by atoms with Crippen molar-refractivity contribution in [3.63, 3.8) is 0 Å². The van der Waals surface area contributed by atoms with Gasteiger partial charge in [-0.1, -0.05) is 19.1 Å². The second-order valence-electron chi connectivity index (χ2n) is 4.69. The van der Waals surface area contributed by atoms with E-state index in [-0.39, 0.29) is 5.56 Å². The predicted molar refractivity (Wildman–Crippen MR) is 76.1 cm³/mol. The van der Waals surface area contributed by atoms with Crippen LogP contribution in [0.2, 0.25) is 0 Å². The van der Waals surface area contributed by atoms with Crippen LogP contribution in [0.15, 0.2) is 47.4 Å². The topological polar surface area (TPSA) is 63.7 Å². The molecule has 0 aliphatic carbocycles. The number of nitrogens with zero attached hydrogens (tertiary/aromatic N) is 2. The highest BCUT2D eigenvalue weighted by Crippen LogP contribution is 2.20. The zero-order chi connectivity index (χ0) is 14.3. The van der Waals surface area contributed by atoms with Crippen molar-refractivity contribution in [1.29, 1.82) is 0 Å². The molecule has 20 heavy (non-hydrogen) atoms. The Balaban J connectivity index is 2.53. The van der Waals surface area contributed by atoms with Crippen molar-refractivity contribution in [3.05, 3.63) is 52.9 Å². The highest BCUT2D eigenvalue weighted by molar-refractivity contribution is 5.82. The van der Waals surface area contributed by atoms with Crippen LogP contribution in [-0.2, 0) is 4.79 Å². The van der Waals surface area contributed by atoms with E-state index in [9.17, 15) is 14.7 Å². The Kier molecular flexibility index (Phi) is 2.82. The third kappa shape index (κ3) is 1.63. The molecule has 1 aromatic carbocycles. The summed E-state index contributed by atoms with van der Waals surface area (Å²) in [5, 5.41) is 9.37. The molecular weight excluding hydrogens is 256 g/mol. The van der Waals surface area contributed by atoms with E-state index in [1.165, 1.54) is 4.57 Å². The molecule has 3 rings (SSSR count). The molecule has 0 saturated heterocycles. The number of carboxylic acid groups (broad SMARTS) is 1. The summed E-state index contributed by atoms with van der Waals surface area (Å²) in [5.74, 6) is -0.990. The van der Waals surface area contributed by atoms with Crippen molar-refractivity contribution >= 4 is 22.5 Å². The first-order valence-electron chi connectivity index (χ1n) is 6.48. The van der Waals surface area contributed by atoms with Gasteiger partial charge in [0.1, 0.15) is 11.6 Å². The highest BCUT2D eigenvalue weighted by atomic mass is 16.4. The average Bonchev–Trinajstić information content (AvgIpc) is 2.92. The van der Waals surface area contributed by atoms with Crippen LogP contribution in [0.4, 0.5) is 0 Å². The van der Waals surface area contributed by atoms with Crippen molar-refractivity contribution < 1.29 is 9.90 Å². The molecule has 0 unspecified atom stereocenters. The average molecular weight is 270 g/mol. The van der Waals surface area contributed by atoms with Crippen LogP contribution in [0.3, 0.4) is 0 Å². The van der Waals surface area contributed by atoms with Gasteiger partial charge in [-0.05, 0) is 30.7 Å². The van der Waals surface area contributed by atoms with E-state index in [1.54, 1.807) is 29.5 Å². The Bertz CT molecular complexity index is 860. The lowest BCUT2D eigenvalue weighted by Gasteiger charge is -2.17. The van der Waals surface area contributed by atoms with Crippen molar-refractivity contribution in [3.8, 4) is 0 Å². The van der Waals surface area contributed by atoms with Crippen LogP contribution in [0, 0.1) is 0 Å². The van der Waals surface area contributed by atoms with E-state index in [2.05, 4.69) is 0 Å². The van der Waals surface area contributed by atoms with Gasteiger partial charge in [0, 0.05) is 6.20 Å². The quantitative estimate of drug-likeness (QED) is 0.794. The van der Waals surface area contributed by atoms with E-state index in [0.29, 0.717) is 17.5 Å². The Morgan fingerprint density at radius 3 is 2.45 bits per heavy atom. The fourth-order valence-electron chi connectivity index (χ4n) is 2.65. The zero-order valence-electron chi connectivity index (χ0n) is 11.0. The molecular formula is C15H14N2O3. The van der Waals surface area contributed by atoms with Gasteiger partial charge in [-0.2, -0.15) is 0 Å². The Morgan fingerprint density at radius 2 is 1.80 bits per heavy atom. The van der Waals surface area contributed by atoms with Gasteiger partial charge in [0.05, 0.1) is 11.0 Å². The van der Waals surface area contributed by atoms with Crippen molar-refractivity contribution in [2.75, 3.05) is 0 Å². The molecule has 1 atom stereocenters. The van der Waals surface area contributed by atoms with Crippen molar-refractivity contribution in [1.82, 2.24) is 8.97 Å². The normalized spacial score (nSPS) is 12.8. The number of rotatable bonds is 3. The number of hydrogen-bond acceptors (Lipinski definition) is 2. The number of aliphatic carboxylic acids is 1. The third-order valence-electron chi connectivity index (χ3n) is 3.57. The number of carboxylic acids is 1. The van der Waals surface area contributed by atoms with Crippen LogP contribution >= 0.6 is 0 Å². The lowest BCUT2D eigenvalue weighted by atomic mass is 10.2. The third-order valence-corrected chi connectivity index (χ3v) is 3.57.